The maximum absolute atomic E-state index is 13.0. The standard InChI is InChI=1S/C22H20ClN3O4/c1-22(15-6-8-16(23)9-7-15)20(29)26(21(30)24-22)13-18(27)14-4-10-17(11-5-14)25-12-2-3-19(25)28/h4-11H,2-3,12-13H2,1H3,(H,24,30). The summed E-state index contributed by atoms with van der Waals surface area (Å²) >= 11 is 5.91. The molecule has 0 spiro atoms. The van der Waals surface area contributed by atoms with Crippen molar-refractivity contribution >= 4 is 40.9 Å². The third kappa shape index (κ3) is 3.45. The molecule has 154 valence electrons. The number of nitrogens with zero attached hydrogens (tertiary/aromatic N) is 2. The van der Waals surface area contributed by atoms with Crippen molar-refractivity contribution in [2.75, 3.05) is 18.0 Å². The van der Waals surface area contributed by atoms with Gasteiger partial charge in [0.05, 0.1) is 6.54 Å². The van der Waals surface area contributed by atoms with Crippen molar-refractivity contribution in [3.8, 4) is 0 Å². The normalized spacial score (nSPS) is 21.3. The second-order valence-electron chi connectivity index (χ2n) is 7.57. The van der Waals surface area contributed by atoms with Crippen molar-refractivity contribution in [3.63, 3.8) is 0 Å². The van der Waals surface area contributed by atoms with Crippen LogP contribution in [0.3, 0.4) is 0 Å². The van der Waals surface area contributed by atoms with Gasteiger partial charge < -0.3 is 10.2 Å². The first-order chi connectivity index (χ1) is 14.3. The molecule has 0 saturated carbocycles. The van der Waals surface area contributed by atoms with Crippen LogP contribution in [0.2, 0.25) is 5.02 Å². The van der Waals surface area contributed by atoms with Gasteiger partial charge in [-0.25, -0.2) is 4.79 Å². The smallest absolute Gasteiger partial charge is 0.319 e. The molecule has 0 aromatic heterocycles. The Kier molecular flexibility index (Phi) is 5.07. The minimum atomic E-state index is -1.26. The first-order valence-electron chi connectivity index (χ1n) is 9.63. The Morgan fingerprint density at radius 2 is 1.73 bits per heavy atom. The van der Waals surface area contributed by atoms with Gasteiger partial charge in [0.1, 0.15) is 5.54 Å². The van der Waals surface area contributed by atoms with Gasteiger partial charge in [-0.3, -0.25) is 19.3 Å². The summed E-state index contributed by atoms with van der Waals surface area (Å²) in [5, 5.41) is 3.19. The van der Waals surface area contributed by atoms with E-state index in [1.807, 2.05) is 0 Å². The van der Waals surface area contributed by atoms with E-state index < -0.39 is 17.5 Å². The highest BCUT2D eigenvalue weighted by Gasteiger charge is 2.49. The van der Waals surface area contributed by atoms with E-state index in [1.165, 1.54) is 0 Å². The van der Waals surface area contributed by atoms with Crippen LogP contribution in [-0.2, 0) is 15.1 Å². The minimum absolute atomic E-state index is 0.0647. The summed E-state index contributed by atoms with van der Waals surface area (Å²) in [5.74, 6) is -0.796. The number of halogens is 1. The number of hydrogen-bond acceptors (Lipinski definition) is 4. The molecule has 1 unspecified atom stereocenters. The topological polar surface area (TPSA) is 86.8 Å². The number of carbonyl (C=O) groups excluding carboxylic acids is 4. The molecular formula is C22H20ClN3O4. The third-order valence-electron chi connectivity index (χ3n) is 5.57. The molecule has 0 bridgehead atoms. The molecule has 2 saturated heterocycles. The van der Waals surface area contributed by atoms with Crippen molar-refractivity contribution in [1.29, 1.82) is 0 Å². The van der Waals surface area contributed by atoms with E-state index in [1.54, 1.807) is 60.4 Å². The molecule has 0 radical (unpaired) electrons. The summed E-state index contributed by atoms with van der Waals surface area (Å²) in [5.41, 5.74) is 0.423. The van der Waals surface area contributed by atoms with E-state index in [4.69, 9.17) is 11.6 Å². The number of anilines is 1. The Balaban J connectivity index is 1.49. The van der Waals surface area contributed by atoms with Gasteiger partial charge in [-0.15, -0.1) is 0 Å². The van der Waals surface area contributed by atoms with E-state index in [0.29, 0.717) is 29.1 Å². The Hall–Kier alpha value is -3.19. The van der Waals surface area contributed by atoms with Crippen LogP contribution in [0.15, 0.2) is 48.5 Å². The molecule has 1 atom stereocenters. The van der Waals surface area contributed by atoms with E-state index in [9.17, 15) is 19.2 Å². The molecule has 2 aromatic carbocycles. The number of rotatable bonds is 5. The molecule has 2 aromatic rings. The number of carbonyl (C=O) groups is 4. The zero-order valence-corrected chi connectivity index (χ0v) is 17.1. The van der Waals surface area contributed by atoms with Crippen molar-refractivity contribution < 1.29 is 19.2 Å². The highest BCUT2D eigenvalue weighted by molar-refractivity contribution is 6.30. The number of benzene rings is 2. The van der Waals surface area contributed by atoms with Crippen molar-refractivity contribution in [2.45, 2.75) is 25.3 Å². The molecule has 8 heteroatoms. The lowest BCUT2D eigenvalue weighted by molar-refractivity contribution is -0.130. The number of urea groups is 1. The largest absolute Gasteiger partial charge is 0.325 e. The van der Waals surface area contributed by atoms with Gasteiger partial charge in [-0.1, -0.05) is 23.7 Å². The van der Waals surface area contributed by atoms with Gasteiger partial charge in [0.25, 0.3) is 5.91 Å². The lowest BCUT2D eigenvalue weighted by Gasteiger charge is -2.22. The Morgan fingerprint density at radius 1 is 1.07 bits per heavy atom. The van der Waals surface area contributed by atoms with Gasteiger partial charge >= 0.3 is 6.03 Å². The SMILES string of the molecule is CC1(c2ccc(Cl)cc2)NC(=O)N(CC(=O)c2ccc(N3CCCC3=O)cc2)C1=O. The van der Waals surface area contributed by atoms with E-state index >= 15 is 0 Å². The van der Waals surface area contributed by atoms with Crippen molar-refractivity contribution in [2.24, 2.45) is 0 Å². The van der Waals surface area contributed by atoms with Gasteiger partial charge in [-0.05, 0) is 55.3 Å². The van der Waals surface area contributed by atoms with Crippen LogP contribution in [0, 0.1) is 0 Å². The van der Waals surface area contributed by atoms with Crippen LogP contribution in [0.4, 0.5) is 10.5 Å². The third-order valence-corrected chi connectivity index (χ3v) is 5.82. The number of nitrogens with one attached hydrogen (secondary N) is 1. The predicted octanol–water partition coefficient (Wildman–Crippen LogP) is 3.12. The summed E-state index contributed by atoms with van der Waals surface area (Å²) in [6, 6.07) is 12.6. The van der Waals surface area contributed by atoms with Crippen molar-refractivity contribution in [3.05, 3.63) is 64.7 Å². The Bertz CT molecular complexity index is 1040. The minimum Gasteiger partial charge on any atom is -0.319 e. The molecule has 2 aliphatic rings. The van der Waals surface area contributed by atoms with Gasteiger partial charge in [0, 0.05) is 29.2 Å². The molecule has 4 rings (SSSR count). The summed E-state index contributed by atoms with van der Waals surface area (Å²) in [6.45, 7) is 1.90. The lowest BCUT2D eigenvalue weighted by atomic mass is 9.92. The summed E-state index contributed by atoms with van der Waals surface area (Å²) in [7, 11) is 0. The van der Waals surface area contributed by atoms with Crippen LogP contribution in [0.1, 0.15) is 35.7 Å². The second-order valence-corrected chi connectivity index (χ2v) is 8.01. The zero-order chi connectivity index (χ0) is 21.5. The lowest BCUT2D eigenvalue weighted by Crippen LogP contribution is -2.41. The first kappa shape index (κ1) is 20.1. The maximum Gasteiger partial charge on any atom is 0.325 e. The van der Waals surface area contributed by atoms with Crippen LogP contribution in [0.5, 0.6) is 0 Å². The molecule has 2 heterocycles. The molecule has 7 nitrogen and oxygen atoms in total. The average molecular weight is 426 g/mol. The molecule has 2 fully saturated rings. The fraction of sp³-hybridized carbons (Fsp3) is 0.273. The number of hydrogen-bond donors (Lipinski definition) is 1. The molecule has 1 N–H and O–H groups in total. The van der Waals surface area contributed by atoms with E-state index in [-0.39, 0.29) is 18.2 Å². The second kappa shape index (κ2) is 7.57. The van der Waals surface area contributed by atoms with Crippen LogP contribution in [0.25, 0.3) is 0 Å². The fourth-order valence-corrected chi connectivity index (χ4v) is 3.93. The first-order valence-corrected chi connectivity index (χ1v) is 10.0. The zero-order valence-electron chi connectivity index (χ0n) is 16.4. The van der Waals surface area contributed by atoms with E-state index in [2.05, 4.69) is 5.32 Å². The van der Waals surface area contributed by atoms with E-state index in [0.717, 1.165) is 17.0 Å². The quantitative estimate of drug-likeness (QED) is 0.589. The highest BCUT2D eigenvalue weighted by atomic mass is 35.5. The number of imide groups is 1. The molecule has 0 aliphatic carbocycles. The van der Waals surface area contributed by atoms with Gasteiger partial charge in [0.15, 0.2) is 5.78 Å². The van der Waals surface area contributed by atoms with Gasteiger partial charge in [-0.2, -0.15) is 0 Å². The maximum atomic E-state index is 13.0. The highest BCUT2D eigenvalue weighted by Crippen LogP contribution is 2.30. The average Bonchev–Trinajstić information content (AvgIpc) is 3.25. The number of amides is 4. The molecule has 30 heavy (non-hydrogen) atoms. The summed E-state index contributed by atoms with van der Waals surface area (Å²) in [6.07, 6.45) is 1.34. The Morgan fingerprint density at radius 3 is 2.33 bits per heavy atom. The van der Waals surface area contributed by atoms with Crippen molar-refractivity contribution in [1.82, 2.24) is 10.2 Å². The van der Waals surface area contributed by atoms with Gasteiger partial charge in [0.2, 0.25) is 5.91 Å². The van der Waals surface area contributed by atoms with Crippen LogP contribution < -0.4 is 10.2 Å². The summed E-state index contributed by atoms with van der Waals surface area (Å²) in [4.78, 5) is 52.6. The Labute approximate surface area is 178 Å². The number of Topliss-reactive ketones (excluding diaryl/α,β-unsaturated/α-hetero) is 1. The molecular weight excluding hydrogens is 406 g/mol. The molecule has 2 aliphatic heterocycles. The predicted molar refractivity (Wildman–Crippen MR) is 111 cm³/mol. The summed E-state index contributed by atoms with van der Waals surface area (Å²) < 4.78 is 0. The fourth-order valence-electron chi connectivity index (χ4n) is 3.80. The number of ketones is 1. The van der Waals surface area contributed by atoms with Crippen LogP contribution >= 0.6 is 11.6 Å². The molecule has 4 amide bonds. The monoisotopic (exact) mass is 425 g/mol. The van der Waals surface area contributed by atoms with Crippen LogP contribution in [-0.4, -0.2) is 41.6 Å².